The summed E-state index contributed by atoms with van der Waals surface area (Å²) in [5.41, 5.74) is -0.124. The average molecular weight is 272 g/mol. The normalized spacial score (nSPS) is 25.3. The van der Waals surface area contributed by atoms with Gasteiger partial charge in [0, 0.05) is 11.6 Å². The number of hydrogen-bond acceptors (Lipinski definition) is 1. The van der Waals surface area contributed by atoms with Gasteiger partial charge >= 0.3 is 0 Å². The van der Waals surface area contributed by atoms with Crippen LogP contribution in [0.3, 0.4) is 0 Å². The molecule has 1 nitrogen and oxygen atoms in total. The Balaban J connectivity index is 2.19. The van der Waals surface area contributed by atoms with E-state index in [0.717, 1.165) is 38.2 Å². The van der Waals surface area contributed by atoms with Crippen molar-refractivity contribution in [1.82, 2.24) is 0 Å². The molecule has 1 aliphatic rings. The topological polar surface area (TPSA) is 20.2 Å². The third-order valence-electron chi connectivity index (χ3n) is 4.21. The van der Waals surface area contributed by atoms with Crippen LogP contribution in [0.2, 0.25) is 0 Å². The molecule has 1 saturated carbocycles. The highest BCUT2D eigenvalue weighted by atomic mass is 19.2. The standard InChI is InChI=1S/C15H19F3O/c1-2-9-4-3-5-10(6-9)15(19)11-7-13(17)14(18)8-12(11)16/h7-10,15,19H,2-6H2,1H3. The number of hydrogen-bond donors (Lipinski definition) is 1. The fraction of sp³-hybridized carbons (Fsp3) is 0.600. The molecule has 1 aliphatic carbocycles. The van der Waals surface area contributed by atoms with E-state index >= 15 is 0 Å². The van der Waals surface area contributed by atoms with Gasteiger partial charge in [-0.15, -0.1) is 0 Å². The van der Waals surface area contributed by atoms with Gasteiger partial charge in [-0.3, -0.25) is 0 Å². The molecule has 0 aromatic heterocycles. The Morgan fingerprint density at radius 2 is 1.84 bits per heavy atom. The number of halogens is 3. The van der Waals surface area contributed by atoms with Crippen molar-refractivity contribution >= 4 is 0 Å². The smallest absolute Gasteiger partial charge is 0.161 e. The second-order valence-corrected chi connectivity index (χ2v) is 5.43. The monoisotopic (exact) mass is 272 g/mol. The summed E-state index contributed by atoms with van der Waals surface area (Å²) in [6.07, 6.45) is 3.71. The van der Waals surface area contributed by atoms with E-state index < -0.39 is 23.6 Å². The van der Waals surface area contributed by atoms with Crippen molar-refractivity contribution in [3.63, 3.8) is 0 Å². The highest BCUT2D eigenvalue weighted by Crippen LogP contribution is 2.39. The van der Waals surface area contributed by atoms with Gasteiger partial charge in [-0.05, 0) is 30.7 Å². The molecule has 0 spiro atoms. The van der Waals surface area contributed by atoms with Crippen molar-refractivity contribution < 1.29 is 18.3 Å². The van der Waals surface area contributed by atoms with Gasteiger partial charge in [-0.1, -0.05) is 26.2 Å². The first-order valence-corrected chi connectivity index (χ1v) is 6.85. The zero-order valence-electron chi connectivity index (χ0n) is 11.0. The number of aliphatic hydroxyl groups excluding tert-OH is 1. The molecule has 1 aromatic carbocycles. The van der Waals surface area contributed by atoms with Crippen LogP contribution in [0.1, 0.15) is 50.7 Å². The molecule has 106 valence electrons. The molecule has 0 bridgehead atoms. The zero-order chi connectivity index (χ0) is 14.0. The third-order valence-corrected chi connectivity index (χ3v) is 4.21. The van der Waals surface area contributed by atoms with Crippen molar-refractivity contribution in [3.8, 4) is 0 Å². The van der Waals surface area contributed by atoms with Crippen LogP contribution < -0.4 is 0 Å². The summed E-state index contributed by atoms with van der Waals surface area (Å²) in [6.45, 7) is 2.09. The van der Waals surface area contributed by atoms with Crippen LogP contribution in [-0.2, 0) is 0 Å². The van der Waals surface area contributed by atoms with Gasteiger partial charge in [0.15, 0.2) is 11.6 Å². The van der Waals surface area contributed by atoms with Crippen molar-refractivity contribution in [2.75, 3.05) is 0 Å². The number of benzene rings is 1. The molecule has 0 radical (unpaired) electrons. The van der Waals surface area contributed by atoms with Crippen molar-refractivity contribution in [2.45, 2.75) is 45.1 Å². The maximum Gasteiger partial charge on any atom is 0.161 e. The van der Waals surface area contributed by atoms with E-state index in [0.29, 0.717) is 12.0 Å². The molecule has 1 fully saturated rings. The Bertz CT molecular complexity index is 447. The maximum absolute atomic E-state index is 13.6. The van der Waals surface area contributed by atoms with E-state index in [1.807, 2.05) is 0 Å². The lowest BCUT2D eigenvalue weighted by Gasteiger charge is -2.32. The molecule has 1 N–H and O–H groups in total. The van der Waals surface area contributed by atoms with Crippen molar-refractivity contribution in [1.29, 1.82) is 0 Å². The fourth-order valence-corrected chi connectivity index (χ4v) is 3.01. The predicted octanol–water partition coefficient (Wildman–Crippen LogP) is 4.35. The van der Waals surface area contributed by atoms with E-state index in [-0.39, 0.29) is 11.5 Å². The lowest BCUT2D eigenvalue weighted by Crippen LogP contribution is -2.22. The SMILES string of the molecule is CCC1CCCC(C(O)c2cc(F)c(F)cc2F)C1. The van der Waals surface area contributed by atoms with E-state index in [4.69, 9.17) is 0 Å². The summed E-state index contributed by atoms with van der Waals surface area (Å²) in [7, 11) is 0. The minimum absolute atomic E-state index is 0.0712. The van der Waals surface area contributed by atoms with E-state index in [1.165, 1.54) is 0 Å². The van der Waals surface area contributed by atoms with Gasteiger partial charge in [-0.25, -0.2) is 13.2 Å². The highest BCUT2D eigenvalue weighted by molar-refractivity contribution is 5.23. The lowest BCUT2D eigenvalue weighted by molar-refractivity contribution is 0.0646. The predicted molar refractivity (Wildman–Crippen MR) is 67.0 cm³/mol. The van der Waals surface area contributed by atoms with Crippen LogP contribution in [0.4, 0.5) is 13.2 Å². The molecule has 3 unspecified atom stereocenters. The Labute approximate surface area is 111 Å². The Morgan fingerprint density at radius 1 is 1.16 bits per heavy atom. The second-order valence-electron chi connectivity index (χ2n) is 5.43. The molecule has 0 amide bonds. The summed E-state index contributed by atoms with van der Waals surface area (Å²) in [5, 5.41) is 10.2. The van der Waals surface area contributed by atoms with Gasteiger partial charge in [0.1, 0.15) is 5.82 Å². The maximum atomic E-state index is 13.6. The molecule has 19 heavy (non-hydrogen) atoms. The summed E-state index contributed by atoms with van der Waals surface area (Å²) in [4.78, 5) is 0. The molecule has 0 aliphatic heterocycles. The summed E-state index contributed by atoms with van der Waals surface area (Å²) in [6, 6.07) is 1.29. The quantitative estimate of drug-likeness (QED) is 0.811. The van der Waals surface area contributed by atoms with Gasteiger partial charge in [0.25, 0.3) is 0 Å². The first kappa shape index (κ1) is 14.4. The molecule has 0 heterocycles. The zero-order valence-corrected chi connectivity index (χ0v) is 11.0. The molecule has 2 rings (SSSR count). The van der Waals surface area contributed by atoms with Crippen LogP contribution in [0.15, 0.2) is 12.1 Å². The van der Waals surface area contributed by atoms with Gasteiger partial charge in [-0.2, -0.15) is 0 Å². The summed E-state index contributed by atoms with van der Waals surface area (Å²) in [5.74, 6) is -2.74. The van der Waals surface area contributed by atoms with Crippen molar-refractivity contribution in [3.05, 3.63) is 35.1 Å². The first-order chi connectivity index (χ1) is 9.02. The van der Waals surface area contributed by atoms with Gasteiger partial charge < -0.3 is 5.11 Å². The highest BCUT2D eigenvalue weighted by Gasteiger charge is 2.29. The molecule has 0 saturated heterocycles. The molecular weight excluding hydrogens is 253 g/mol. The van der Waals surface area contributed by atoms with E-state index in [1.54, 1.807) is 0 Å². The fourth-order valence-electron chi connectivity index (χ4n) is 3.01. The van der Waals surface area contributed by atoms with Crippen LogP contribution >= 0.6 is 0 Å². The van der Waals surface area contributed by atoms with Crippen LogP contribution in [0, 0.1) is 29.3 Å². The molecule has 3 atom stereocenters. The summed E-state index contributed by atoms with van der Waals surface area (Å²) >= 11 is 0. The van der Waals surface area contributed by atoms with Gasteiger partial charge in [0.05, 0.1) is 6.10 Å². The molecule has 4 heteroatoms. The van der Waals surface area contributed by atoms with Crippen LogP contribution in [-0.4, -0.2) is 5.11 Å². The minimum Gasteiger partial charge on any atom is -0.388 e. The van der Waals surface area contributed by atoms with Crippen molar-refractivity contribution in [2.24, 2.45) is 11.8 Å². The summed E-state index contributed by atoms with van der Waals surface area (Å²) < 4.78 is 39.7. The Hall–Kier alpha value is -1.03. The largest absolute Gasteiger partial charge is 0.388 e. The second kappa shape index (κ2) is 5.95. The number of rotatable bonds is 3. The van der Waals surface area contributed by atoms with E-state index in [9.17, 15) is 18.3 Å². The molecular formula is C15H19F3O. The van der Waals surface area contributed by atoms with Gasteiger partial charge in [0.2, 0.25) is 0 Å². The molecule has 1 aromatic rings. The Morgan fingerprint density at radius 3 is 2.53 bits per heavy atom. The minimum atomic E-state index is -1.22. The van der Waals surface area contributed by atoms with E-state index in [2.05, 4.69) is 6.92 Å². The van der Waals surface area contributed by atoms with Crippen LogP contribution in [0.25, 0.3) is 0 Å². The number of aliphatic hydroxyl groups is 1. The third kappa shape index (κ3) is 3.11. The average Bonchev–Trinajstić information content (AvgIpc) is 2.42. The van der Waals surface area contributed by atoms with Crippen LogP contribution in [0.5, 0.6) is 0 Å². The lowest BCUT2D eigenvalue weighted by atomic mass is 9.76. The Kier molecular flexibility index (Phi) is 4.50. The first-order valence-electron chi connectivity index (χ1n) is 6.85.